The van der Waals surface area contributed by atoms with Crippen molar-refractivity contribution >= 4 is 23.5 Å². The normalized spacial score (nSPS) is 18.9. The maximum atomic E-state index is 12.9. The lowest BCUT2D eigenvalue weighted by atomic mass is 9.81. The lowest BCUT2D eigenvalue weighted by Gasteiger charge is -2.39. The quantitative estimate of drug-likeness (QED) is 0.597. The summed E-state index contributed by atoms with van der Waals surface area (Å²) in [5, 5.41) is 9.62. The van der Waals surface area contributed by atoms with E-state index in [1.54, 1.807) is 18.3 Å². The Bertz CT molecular complexity index is 880. The first kappa shape index (κ1) is 23.2. The number of pyridine rings is 2. The van der Waals surface area contributed by atoms with E-state index in [-0.39, 0.29) is 29.3 Å². The van der Waals surface area contributed by atoms with Gasteiger partial charge >= 0.3 is 5.97 Å². The molecule has 0 saturated carbocycles. The number of rotatable bonds is 9. The fourth-order valence-corrected chi connectivity index (χ4v) is 4.33. The zero-order valence-electron chi connectivity index (χ0n) is 17.8. The SMILES string of the molecule is CN(CCc1ccccn1)CC[C@@H]1CN(C(=O)c2ccnc(Cl)c2)CC[C@H]1CC(=O)O. The van der Waals surface area contributed by atoms with Gasteiger partial charge in [-0.25, -0.2) is 4.98 Å². The smallest absolute Gasteiger partial charge is 0.303 e. The third-order valence-corrected chi connectivity index (χ3v) is 6.15. The van der Waals surface area contributed by atoms with Gasteiger partial charge in [-0.1, -0.05) is 17.7 Å². The Hall–Kier alpha value is -2.51. The number of amides is 1. The van der Waals surface area contributed by atoms with Gasteiger partial charge in [0.25, 0.3) is 5.91 Å². The van der Waals surface area contributed by atoms with Crippen LogP contribution in [0.5, 0.6) is 0 Å². The van der Waals surface area contributed by atoms with Crippen LogP contribution in [0.3, 0.4) is 0 Å². The molecule has 0 spiro atoms. The summed E-state index contributed by atoms with van der Waals surface area (Å²) in [7, 11) is 2.07. The molecule has 2 atom stereocenters. The monoisotopic (exact) mass is 444 g/mol. The molecule has 2 aromatic rings. The van der Waals surface area contributed by atoms with Crippen molar-refractivity contribution in [2.24, 2.45) is 11.8 Å². The number of carbonyl (C=O) groups excluding carboxylic acids is 1. The lowest BCUT2D eigenvalue weighted by Crippen LogP contribution is -2.45. The molecule has 166 valence electrons. The van der Waals surface area contributed by atoms with Crippen molar-refractivity contribution in [2.45, 2.75) is 25.7 Å². The number of likely N-dealkylation sites (N-methyl/N-ethyl adjacent to an activating group) is 1. The Kier molecular flexibility index (Phi) is 8.37. The summed E-state index contributed by atoms with van der Waals surface area (Å²) in [5.41, 5.74) is 1.58. The molecule has 0 aromatic carbocycles. The number of carbonyl (C=O) groups is 2. The average molecular weight is 445 g/mol. The minimum Gasteiger partial charge on any atom is -0.481 e. The molecule has 8 heteroatoms. The Morgan fingerprint density at radius 3 is 2.74 bits per heavy atom. The summed E-state index contributed by atoms with van der Waals surface area (Å²) in [4.78, 5) is 36.7. The third-order valence-electron chi connectivity index (χ3n) is 5.95. The number of aliphatic carboxylic acids is 1. The highest BCUT2D eigenvalue weighted by atomic mass is 35.5. The number of hydrogen-bond donors (Lipinski definition) is 1. The first-order chi connectivity index (χ1) is 14.9. The largest absolute Gasteiger partial charge is 0.481 e. The highest BCUT2D eigenvalue weighted by molar-refractivity contribution is 6.29. The summed E-state index contributed by atoms with van der Waals surface area (Å²) >= 11 is 5.94. The van der Waals surface area contributed by atoms with E-state index in [0.717, 1.165) is 31.6 Å². The van der Waals surface area contributed by atoms with Crippen molar-refractivity contribution in [1.82, 2.24) is 19.8 Å². The molecule has 0 unspecified atom stereocenters. The van der Waals surface area contributed by atoms with Crippen molar-refractivity contribution in [3.8, 4) is 0 Å². The maximum absolute atomic E-state index is 12.9. The molecule has 0 bridgehead atoms. The Labute approximate surface area is 188 Å². The second-order valence-electron chi connectivity index (χ2n) is 8.19. The topological polar surface area (TPSA) is 86.6 Å². The standard InChI is InChI=1S/C23H29ClN4O3/c1-27(12-8-20-4-2-3-9-25-20)11-6-19-16-28(13-7-17(19)15-22(29)30)23(31)18-5-10-26-21(24)14-18/h2-5,9-10,14,17,19H,6-8,11-13,15-16H2,1H3,(H,29,30)/t17-,19+/m0/s1. The number of likely N-dealkylation sites (tertiary alicyclic amines) is 1. The first-order valence-corrected chi connectivity index (χ1v) is 11.0. The van der Waals surface area contributed by atoms with Crippen LogP contribution in [-0.2, 0) is 11.2 Å². The molecule has 3 heterocycles. The first-order valence-electron chi connectivity index (χ1n) is 10.6. The number of piperidine rings is 1. The summed E-state index contributed by atoms with van der Waals surface area (Å²) in [6, 6.07) is 9.16. The van der Waals surface area contributed by atoms with E-state index in [9.17, 15) is 14.7 Å². The predicted octanol–water partition coefficient (Wildman–Crippen LogP) is 3.25. The van der Waals surface area contributed by atoms with Gasteiger partial charge in [-0.15, -0.1) is 0 Å². The lowest BCUT2D eigenvalue weighted by molar-refractivity contribution is -0.139. The van der Waals surface area contributed by atoms with E-state index < -0.39 is 5.97 Å². The Morgan fingerprint density at radius 1 is 1.19 bits per heavy atom. The predicted molar refractivity (Wildman–Crippen MR) is 119 cm³/mol. The zero-order valence-corrected chi connectivity index (χ0v) is 18.5. The Balaban J connectivity index is 1.58. The van der Waals surface area contributed by atoms with Crippen LogP contribution < -0.4 is 0 Å². The van der Waals surface area contributed by atoms with Gasteiger partial charge in [0.1, 0.15) is 5.15 Å². The van der Waals surface area contributed by atoms with Crippen molar-refractivity contribution in [2.75, 3.05) is 33.2 Å². The van der Waals surface area contributed by atoms with Crippen molar-refractivity contribution in [3.05, 3.63) is 59.1 Å². The number of carboxylic acid groups (broad SMARTS) is 1. The Morgan fingerprint density at radius 2 is 2.03 bits per heavy atom. The van der Waals surface area contributed by atoms with E-state index in [2.05, 4.69) is 21.9 Å². The highest BCUT2D eigenvalue weighted by Crippen LogP contribution is 2.30. The molecule has 7 nitrogen and oxygen atoms in total. The van der Waals surface area contributed by atoms with Gasteiger partial charge in [0.05, 0.1) is 0 Å². The van der Waals surface area contributed by atoms with Gasteiger partial charge < -0.3 is 14.9 Å². The van der Waals surface area contributed by atoms with Crippen LogP contribution in [0.25, 0.3) is 0 Å². The van der Waals surface area contributed by atoms with Crippen LogP contribution in [0.15, 0.2) is 42.7 Å². The molecule has 1 amide bonds. The molecule has 0 radical (unpaired) electrons. The maximum Gasteiger partial charge on any atom is 0.303 e. The molecule has 1 N–H and O–H groups in total. The van der Waals surface area contributed by atoms with Crippen molar-refractivity contribution < 1.29 is 14.7 Å². The molecule has 2 aromatic heterocycles. The second kappa shape index (κ2) is 11.2. The average Bonchev–Trinajstić information content (AvgIpc) is 2.77. The van der Waals surface area contributed by atoms with Crippen LogP contribution in [0.1, 0.15) is 35.3 Å². The van der Waals surface area contributed by atoms with Gasteiger partial charge in [0.2, 0.25) is 0 Å². The van der Waals surface area contributed by atoms with Crippen LogP contribution >= 0.6 is 11.6 Å². The number of halogens is 1. The van der Waals surface area contributed by atoms with Gasteiger partial charge in [-0.2, -0.15) is 0 Å². The minimum atomic E-state index is -0.779. The number of aromatic nitrogens is 2. The number of nitrogens with zero attached hydrogens (tertiary/aromatic N) is 4. The fourth-order valence-electron chi connectivity index (χ4n) is 4.15. The van der Waals surface area contributed by atoms with E-state index in [0.29, 0.717) is 25.1 Å². The second-order valence-corrected chi connectivity index (χ2v) is 8.58. The molecule has 1 fully saturated rings. The molecule has 1 saturated heterocycles. The molecule has 31 heavy (non-hydrogen) atoms. The summed E-state index contributed by atoms with van der Waals surface area (Å²) in [5.74, 6) is -0.638. The van der Waals surface area contributed by atoms with Gasteiger partial charge in [-0.05, 0) is 62.5 Å². The number of carboxylic acids is 1. The molecule has 0 aliphatic carbocycles. The molecule has 1 aliphatic rings. The highest BCUT2D eigenvalue weighted by Gasteiger charge is 2.33. The molecular formula is C23H29ClN4O3. The molecule has 1 aliphatic heterocycles. The summed E-state index contributed by atoms with van der Waals surface area (Å²) in [6.45, 7) is 2.84. The van der Waals surface area contributed by atoms with Crippen LogP contribution in [0.4, 0.5) is 0 Å². The molecular weight excluding hydrogens is 416 g/mol. The van der Waals surface area contributed by atoms with Gasteiger partial charge in [-0.3, -0.25) is 14.6 Å². The van der Waals surface area contributed by atoms with Crippen LogP contribution in [0.2, 0.25) is 5.15 Å². The third kappa shape index (κ3) is 7.01. The van der Waals surface area contributed by atoms with E-state index in [1.807, 2.05) is 23.1 Å². The van der Waals surface area contributed by atoms with Crippen LogP contribution in [-0.4, -0.2) is 70.0 Å². The number of hydrogen-bond acceptors (Lipinski definition) is 5. The summed E-state index contributed by atoms with van der Waals surface area (Å²) < 4.78 is 0. The van der Waals surface area contributed by atoms with E-state index in [1.165, 1.54) is 6.20 Å². The van der Waals surface area contributed by atoms with Gasteiger partial charge in [0.15, 0.2) is 0 Å². The summed E-state index contributed by atoms with van der Waals surface area (Å²) in [6.07, 6.45) is 5.88. The minimum absolute atomic E-state index is 0.0757. The van der Waals surface area contributed by atoms with E-state index >= 15 is 0 Å². The van der Waals surface area contributed by atoms with Gasteiger partial charge in [0, 0.05) is 56.1 Å². The zero-order chi connectivity index (χ0) is 22.2. The fraction of sp³-hybridized carbons (Fsp3) is 0.478. The van der Waals surface area contributed by atoms with Crippen molar-refractivity contribution in [3.63, 3.8) is 0 Å². The van der Waals surface area contributed by atoms with Crippen LogP contribution in [0, 0.1) is 11.8 Å². The van der Waals surface area contributed by atoms with E-state index in [4.69, 9.17) is 11.6 Å². The molecule has 3 rings (SSSR count). The van der Waals surface area contributed by atoms with Crippen molar-refractivity contribution in [1.29, 1.82) is 0 Å².